The Morgan fingerprint density at radius 1 is 1.12 bits per heavy atom. The highest BCUT2D eigenvalue weighted by Gasteiger charge is 2.10. The van der Waals surface area contributed by atoms with Crippen LogP contribution in [0.25, 0.3) is 11.8 Å². The first-order valence-corrected chi connectivity index (χ1v) is 8.74. The molecule has 0 atom stereocenters. The van der Waals surface area contributed by atoms with Gasteiger partial charge in [-0.2, -0.15) is 5.10 Å². The van der Waals surface area contributed by atoms with Gasteiger partial charge in [-0.3, -0.25) is 4.79 Å². The summed E-state index contributed by atoms with van der Waals surface area (Å²) in [6.07, 6.45) is 3.36. The molecule has 3 aromatic rings. The zero-order chi connectivity index (χ0) is 18.5. The van der Waals surface area contributed by atoms with Crippen molar-refractivity contribution in [3.63, 3.8) is 0 Å². The van der Waals surface area contributed by atoms with Crippen molar-refractivity contribution in [2.24, 2.45) is 0 Å². The highest BCUT2D eigenvalue weighted by molar-refractivity contribution is 6.30. The van der Waals surface area contributed by atoms with Gasteiger partial charge in [0.05, 0.1) is 11.4 Å². The molecule has 0 aliphatic rings. The van der Waals surface area contributed by atoms with E-state index >= 15 is 0 Å². The van der Waals surface area contributed by atoms with Crippen molar-refractivity contribution in [2.75, 3.05) is 0 Å². The van der Waals surface area contributed by atoms with Gasteiger partial charge in [0.25, 0.3) is 0 Å². The normalized spacial score (nSPS) is 11.0. The smallest absolute Gasteiger partial charge is 0.244 e. The standard InChI is InChI=1S/C21H20ClN3O/c1-15-20(16(2)25(24-15)19-6-4-3-5-7-19)12-13-21(26)23-14-17-8-10-18(22)11-9-17/h3-13H,14H2,1-2H3,(H,23,26)/b13-12+. The molecule has 0 spiro atoms. The summed E-state index contributed by atoms with van der Waals surface area (Å²) in [5.74, 6) is -0.147. The van der Waals surface area contributed by atoms with Crippen molar-refractivity contribution >= 4 is 23.6 Å². The number of aryl methyl sites for hydroxylation is 1. The highest BCUT2D eigenvalue weighted by Crippen LogP contribution is 2.19. The van der Waals surface area contributed by atoms with Gasteiger partial charge in [-0.1, -0.05) is 41.9 Å². The largest absolute Gasteiger partial charge is 0.348 e. The van der Waals surface area contributed by atoms with Crippen LogP contribution in [0.1, 0.15) is 22.5 Å². The van der Waals surface area contributed by atoms with Gasteiger partial charge in [-0.05, 0) is 49.8 Å². The summed E-state index contributed by atoms with van der Waals surface area (Å²) in [7, 11) is 0. The molecule has 4 nitrogen and oxygen atoms in total. The number of para-hydroxylation sites is 1. The monoisotopic (exact) mass is 365 g/mol. The van der Waals surface area contributed by atoms with Crippen molar-refractivity contribution in [1.82, 2.24) is 15.1 Å². The van der Waals surface area contributed by atoms with Gasteiger partial charge in [0.2, 0.25) is 5.91 Å². The Morgan fingerprint density at radius 2 is 1.81 bits per heavy atom. The van der Waals surface area contributed by atoms with Crippen molar-refractivity contribution in [3.8, 4) is 5.69 Å². The fourth-order valence-corrected chi connectivity index (χ4v) is 2.85. The lowest BCUT2D eigenvalue weighted by molar-refractivity contribution is -0.116. The molecule has 0 unspecified atom stereocenters. The first-order valence-electron chi connectivity index (χ1n) is 8.36. The third-order valence-corrected chi connectivity index (χ3v) is 4.38. The van der Waals surface area contributed by atoms with Gasteiger partial charge in [0.15, 0.2) is 0 Å². The average Bonchev–Trinajstić information content (AvgIpc) is 2.94. The minimum Gasteiger partial charge on any atom is -0.348 e. The third-order valence-electron chi connectivity index (χ3n) is 4.13. The van der Waals surface area contributed by atoms with Crippen molar-refractivity contribution in [1.29, 1.82) is 0 Å². The molecule has 3 rings (SSSR count). The Kier molecular flexibility index (Phi) is 5.54. The second kappa shape index (κ2) is 8.02. The lowest BCUT2D eigenvalue weighted by Crippen LogP contribution is -2.20. The molecule has 26 heavy (non-hydrogen) atoms. The number of aromatic nitrogens is 2. The summed E-state index contributed by atoms with van der Waals surface area (Å²) in [4.78, 5) is 12.1. The van der Waals surface area contributed by atoms with E-state index in [1.807, 2.05) is 79.2 Å². The summed E-state index contributed by atoms with van der Waals surface area (Å²) in [5.41, 5.74) is 4.83. The maximum Gasteiger partial charge on any atom is 0.244 e. The van der Waals surface area contributed by atoms with E-state index in [-0.39, 0.29) is 5.91 Å². The summed E-state index contributed by atoms with van der Waals surface area (Å²) < 4.78 is 1.89. The molecule has 1 amide bonds. The average molecular weight is 366 g/mol. The van der Waals surface area contributed by atoms with Crippen LogP contribution < -0.4 is 5.32 Å². The van der Waals surface area contributed by atoms with E-state index in [0.717, 1.165) is 28.2 Å². The van der Waals surface area contributed by atoms with Gasteiger partial charge in [-0.15, -0.1) is 0 Å². The van der Waals surface area contributed by atoms with E-state index in [0.29, 0.717) is 11.6 Å². The number of carbonyl (C=O) groups excluding carboxylic acids is 1. The van der Waals surface area contributed by atoms with E-state index in [4.69, 9.17) is 11.6 Å². The van der Waals surface area contributed by atoms with E-state index in [2.05, 4.69) is 10.4 Å². The number of amides is 1. The second-order valence-corrected chi connectivity index (χ2v) is 6.45. The number of carbonyl (C=O) groups is 1. The number of halogens is 1. The Labute approximate surface area is 158 Å². The van der Waals surface area contributed by atoms with Crippen LogP contribution in [0.2, 0.25) is 5.02 Å². The zero-order valence-corrected chi connectivity index (χ0v) is 15.5. The predicted molar refractivity (Wildman–Crippen MR) is 105 cm³/mol. The van der Waals surface area contributed by atoms with Crippen molar-refractivity contribution in [3.05, 3.63) is 88.2 Å². The van der Waals surface area contributed by atoms with Crippen LogP contribution in [0.3, 0.4) is 0 Å². The van der Waals surface area contributed by atoms with Crippen LogP contribution in [-0.4, -0.2) is 15.7 Å². The minimum atomic E-state index is -0.147. The van der Waals surface area contributed by atoms with E-state index in [1.165, 1.54) is 0 Å². The molecule has 0 aliphatic heterocycles. The molecule has 5 heteroatoms. The van der Waals surface area contributed by atoms with Gasteiger partial charge < -0.3 is 5.32 Å². The van der Waals surface area contributed by atoms with Crippen molar-refractivity contribution in [2.45, 2.75) is 20.4 Å². The molecule has 0 bridgehead atoms. The Morgan fingerprint density at radius 3 is 2.50 bits per heavy atom. The van der Waals surface area contributed by atoms with Gasteiger partial charge in [-0.25, -0.2) is 4.68 Å². The molecular formula is C21H20ClN3O. The molecule has 0 saturated heterocycles. The number of benzene rings is 2. The molecule has 0 saturated carbocycles. The Balaban J connectivity index is 1.69. The van der Waals surface area contributed by atoms with E-state index < -0.39 is 0 Å². The summed E-state index contributed by atoms with van der Waals surface area (Å²) in [5, 5.41) is 8.13. The zero-order valence-electron chi connectivity index (χ0n) is 14.7. The first-order chi connectivity index (χ1) is 12.5. The summed E-state index contributed by atoms with van der Waals surface area (Å²) >= 11 is 5.86. The maximum absolute atomic E-state index is 12.1. The molecule has 0 radical (unpaired) electrons. The van der Waals surface area contributed by atoms with Gasteiger partial charge in [0.1, 0.15) is 0 Å². The number of nitrogens with zero attached hydrogens (tertiary/aromatic N) is 2. The van der Waals surface area contributed by atoms with Crippen LogP contribution in [0.4, 0.5) is 0 Å². The van der Waals surface area contributed by atoms with Crippen LogP contribution in [0.15, 0.2) is 60.7 Å². The topological polar surface area (TPSA) is 46.9 Å². The molecular weight excluding hydrogens is 346 g/mol. The Hall–Kier alpha value is -2.85. The number of hydrogen-bond acceptors (Lipinski definition) is 2. The summed E-state index contributed by atoms with van der Waals surface area (Å²) in [6, 6.07) is 17.3. The molecule has 0 aliphatic carbocycles. The SMILES string of the molecule is Cc1nn(-c2ccccc2)c(C)c1/C=C/C(=O)NCc1ccc(Cl)cc1. The molecule has 2 aromatic carbocycles. The van der Waals surface area contributed by atoms with Gasteiger partial charge in [0, 0.05) is 28.9 Å². The van der Waals surface area contributed by atoms with Crippen LogP contribution in [0, 0.1) is 13.8 Å². The quantitative estimate of drug-likeness (QED) is 0.678. The van der Waals surface area contributed by atoms with E-state index in [1.54, 1.807) is 6.08 Å². The number of nitrogens with one attached hydrogen (secondary N) is 1. The number of hydrogen-bond donors (Lipinski definition) is 1. The second-order valence-electron chi connectivity index (χ2n) is 6.01. The number of rotatable bonds is 5. The summed E-state index contributed by atoms with van der Waals surface area (Å²) in [6.45, 7) is 4.40. The minimum absolute atomic E-state index is 0.147. The molecule has 1 aromatic heterocycles. The van der Waals surface area contributed by atoms with Crippen molar-refractivity contribution < 1.29 is 4.79 Å². The Bertz CT molecular complexity index is 928. The fourth-order valence-electron chi connectivity index (χ4n) is 2.73. The third kappa shape index (κ3) is 4.21. The lowest BCUT2D eigenvalue weighted by Gasteiger charge is -2.04. The van der Waals surface area contributed by atoms with Crippen LogP contribution >= 0.6 is 11.6 Å². The molecule has 1 heterocycles. The molecule has 1 N–H and O–H groups in total. The fraction of sp³-hybridized carbons (Fsp3) is 0.143. The predicted octanol–water partition coefficient (Wildman–Crippen LogP) is 4.47. The van der Waals surface area contributed by atoms with Crippen LogP contribution in [-0.2, 0) is 11.3 Å². The van der Waals surface area contributed by atoms with Crippen LogP contribution in [0.5, 0.6) is 0 Å². The molecule has 0 fully saturated rings. The lowest BCUT2D eigenvalue weighted by atomic mass is 10.1. The van der Waals surface area contributed by atoms with E-state index in [9.17, 15) is 4.79 Å². The molecule has 132 valence electrons. The highest BCUT2D eigenvalue weighted by atomic mass is 35.5. The maximum atomic E-state index is 12.1. The van der Waals surface area contributed by atoms with Gasteiger partial charge >= 0.3 is 0 Å². The first kappa shape index (κ1) is 18.0.